The molecule has 1 spiro atoms. The Morgan fingerprint density at radius 1 is 1.19 bits per heavy atom. The van der Waals surface area contributed by atoms with Gasteiger partial charge < -0.3 is 14.8 Å². The van der Waals surface area contributed by atoms with E-state index in [0.29, 0.717) is 6.04 Å². The minimum absolute atomic E-state index is 0.0603. The molecule has 3 aliphatic rings. The van der Waals surface area contributed by atoms with Crippen molar-refractivity contribution < 1.29 is 9.47 Å². The molecule has 2 heterocycles. The Morgan fingerprint density at radius 2 is 2.05 bits per heavy atom. The first-order valence-electron chi connectivity index (χ1n) is 9.26. The lowest BCUT2D eigenvalue weighted by molar-refractivity contribution is -0.104. The van der Waals surface area contributed by atoms with E-state index in [1.807, 2.05) is 0 Å². The van der Waals surface area contributed by atoms with E-state index in [1.165, 1.54) is 51.4 Å². The number of hydrogen-bond acceptors (Lipinski definition) is 3. The molecule has 0 bridgehead atoms. The maximum atomic E-state index is 6.13. The van der Waals surface area contributed by atoms with Gasteiger partial charge in [-0.3, -0.25) is 0 Å². The van der Waals surface area contributed by atoms with Crippen molar-refractivity contribution in [1.82, 2.24) is 5.32 Å². The average Bonchev–Trinajstić information content (AvgIpc) is 3.16. The van der Waals surface area contributed by atoms with Crippen molar-refractivity contribution >= 4 is 0 Å². The van der Waals surface area contributed by atoms with Crippen LogP contribution in [0.2, 0.25) is 0 Å². The van der Waals surface area contributed by atoms with Gasteiger partial charge in [-0.15, -0.1) is 0 Å². The molecule has 0 aromatic carbocycles. The molecule has 3 rings (SSSR count). The van der Waals surface area contributed by atoms with Gasteiger partial charge in [-0.05, 0) is 44.1 Å². The second-order valence-corrected chi connectivity index (χ2v) is 7.53. The maximum absolute atomic E-state index is 6.13. The van der Waals surface area contributed by atoms with E-state index in [1.54, 1.807) is 0 Å². The van der Waals surface area contributed by atoms with Crippen LogP contribution >= 0.6 is 0 Å². The fourth-order valence-corrected chi connectivity index (χ4v) is 4.65. The van der Waals surface area contributed by atoms with E-state index in [-0.39, 0.29) is 5.60 Å². The Morgan fingerprint density at radius 3 is 2.76 bits per heavy atom. The fraction of sp³-hybridized carbons (Fsp3) is 1.00. The molecule has 2 saturated heterocycles. The minimum Gasteiger partial charge on any atom is -0.378 e. The summed E-state index contributed by atoms with van der Waals surface area (Å²) < 4.78 is 11.8. The van der Waals surface area contributed by atoms with Crippen molar-refractivity contribution in [3.8, 4) is 0 Å². The summed E-state index contributed by atoms with van der Waals surface area (Å²) in [5.74, 6) is 1.76. The fourth-order valence-electron chi connectivity index (χ4n) is 4.65. The van der Waals surface area contributed by atoms with Crippen LogP contribution in [0.3, 0.4) is 0 Å². The highest BCUT2D eigenvalue weighted by Crippen LogP contribution is 2.39. The van der Waals surface area contributed by atoms with Gasteiger partial charge in [0.25, 0.3) is 0 Å². The zero-order chi connectivity index (χ0) is 14.5. The van der Waals surface area contributed by atoms with E-state index in [2.05, 4.69) is 12.2 Å². The summed E-state index contributed by atoms with van der Waals surface area (Å²) in [4.78, 5) is 0. The zero-order valence-corrected chi connectivity index (χ0v) is 13.7. The Kier molecular flexibility index (Phi) is 5.58. The molecule has 0 radical (unpaired) electrons. The predicted molar refractivity (Wildman–Crippen MR) is 85.5 cm³/mol. The Labute approximate surface area is 130 Å². The molecule has 2 aliphatic heterocycles. The van der Waals surface area contributed by atoms with Crippen LogP contribution < -0.4 is 5.32 Å². The third kappa shape index (κ3) is 4.00. The predicted octanol–water partition coefficient (Wildman–Crippen LogP) is 3.52. The molecule has 3 heteroatoms. The van der Waals surface area contributed by atoms with Crippen molar-refractivity contribution in [3.05, 3.63) is 0 Å². The lowest BCUT2D eigenvalue weighted by Gasteiger charge is -2.41. The van der Waals surface area contributed by atoms with Gasteiger partial charge in [-0.25, -0.2) is 0 Å². The maximum Gasteiger partial charge on any atom is 0.0939 e. The smallest absolute Gasteiger partial charge is 0.0939 e. The van der Waals surface area contributed by atoms with Crippen molar-refractivity contribution in [2.24, 2.45) is 11.8 Å². The molecule has 3 nitrogen and oxygen atoms in total. The minimum atomic E-state index is 0.0603. The van der Waals surface area contributed by atoms with Gasteiger partial charge in [0, 0.05) is 25.7 Å². The molecule has 0 amide bonds. The SMILES string of the molecule is CCCNC(CC1CCCC1)C1CCOC2(CCOC2)C1. The van der Waals surface area contributed by atoms with Crippen molar-refractivity contribution in [2.45, 2.75) is 76.4 Å². The average molecular weight is 295 g/mol. The van der Waals surface area contributed by atoms with Crippen molar-refractivity contribution in [2.75, 3.05) is 26.4 Å². The molecule has 1 N–H and O–H groups in total. The van der Waals surface area contributed by atoms with Gasteiger partial charge in [-0.1, -0.05) is 32.6 Å². The summed E-state index contributed by atoms with van der Waals surface area (Å²) in [7, 11) is 0. The zero-order valence-electron chi connectivity index (χ0n) is 13.7. The molecule has 1 aliphatic carbocycles. The summed E-state index contributed by atoms with van der Waals surface area (Å²) in [6.07, 6.45) is 12.0. The summed E-state index contributed by atoms with van der Waals surface area (Å²) in [5, 5.41) is 3.88. The Hall–Kier alpha value is -0.120. The van der Waals surface area contributed by atoms with E-state index in [9.17, 15) is 0 Å². The molecule has 3 atom stereocenters. The quantitative estimate of drug-likeness (QED) is 0.813. The monoisotopic (exact) mass is 295 g/mol. The largest absolute Gasteiger partial charge is 0.378 e. The van der Waals surface area contributed by atoms with Crippen LogP contribution in [-0.4, -0.2) is 38.0 Å². The van der Waals surface area contributed by atoms with E-state index in [0.717, 1.165) is 44.6 Å². The molecule has 21 heavy (non-hydrogen) atoms. The highest BCUT2D eigenvalue weighted by atomic mass is 16.6. The number of nitrogens with one attached hydrogen (secondary N) is 1. The first-order valence-corrected chi connectivity index (χ1v) is 9.26. The van der Waals surface area contributed by atoms with Crippen molar-refractivity contribution in [3.63, 3.8) is 0 Å². The molecular weight excluding hydrogens is 262 g/mol. The normalized spacial score (nSPS) is 35.6. The summed E-state index contributed by atoms with van der Waals surface area (Å²) >= 11 is 0. The van der Waals surface area contributed by atoms with Crippen LogP contribution in [0.4, 0.5) is 0 Å². The van der Waals surface area contributed by atoms with Gasteiger partial charge in [0.15, 0.2) is 0 Å². The number of hydrogen-bond donors (Lipinski definition) is 1. The van der Waals surface area contributed by atoms with Gasteiger partial charge in [-0.2, -0.15) is 0 Å². The van der Waals surface area contributed by atoms with Crippen LogP contribution in [0.15, 0.2) is 0 Å². The lowest BCUT2D eigenvalue weighted by atomic mass is 9.78. The summed E-state index contributed by atoms with van der Waals surface area (Å²) in [5.41, 5.74) is 0.0603. The molecule has 122 valence electrons. The van der Waals surface area contributed by atoms with Gasteiger partial charge in [0.05, 0.1) is 12.2 Å². The van der Waals surface area contributed by atoms with Gasteiger partial charge in [0.2, 0.25) is 0 Å². The highest BCUT2D eigenvalue weighted by molar-refractivity contribution is 4.94. The third-order valence-corrected chi connectivity index (χ3v) is 5.89. The van der Waals surface area contributed by atoms with Gasteiger partial charge in [0.1, 0.15) is 0 Å². The molecule has 3 fully saturated rings. The molecule has 3 unspecified atom stereocenters. The second-order valence-electron chi connectivity index (χ2n) is 7.53. The van der Waals surface area contributed by atoms with Crippen LogP contribution in [0.25, 0.3) is 0 Å². The number of rotatable bonds is 6. The van der Waals surface area contributed by atoms with Crippen LogP contribution in [-0.2, 0) is 9.47 Å². The van der Waals surface area contributed by atoms with Crippen LogP contribution in [0.5, 0.6) is 0 Å². The summed E-state index contributed by atoms with van der Waals surface area (Å²) in [6, 6.07) is 0.703. The van der Waals surface area contributed by atoms with Crippen LogP contribution in [0.1, 0.15) is 64.7 Å². The first kappa shape index (κ1) is 15.8. The van der Waals surface area contributed by atoms with Gasteiger partial charge >= 0.3 is 0 Å². The Bertz CT molecular complexity index is 308. The van der Waals surface area contributed by atoms with E-state index in [4.69, 9.17) is 9.47 Å². The third-order valence-electron chi connectivity index (χ3n) is 5.89. The Balaban J connectivity index is 1.60. The molecular formula is C18H33NO2. The number of ether oxygens (including phenoxy) is 2. The van der Waals surface area contributed by atoms with Crippen molar-refractivity contribution in [1.29, 1.82) is 0 Å². The highest BCUT2D eigenvalue weighted by Gasteiger charge is 2.43. The van der Waals surface area contributed by atoms with E-state index >= 15 is 0 Å². The first-order chi connectivity index (χ1) is 10.3. The van der Waals surface area contributed by atoms with Crippen LogP contribution in [0, 0.1) is 11.8 Å². The lowest BCUT2D eigenvalue weighted by Crippen LogP contribution is -2.48. The summed E-state index contributed by atoms with van der Waals surface area (Å²) in [6.45, 7) is 6.09. The molecule has 0 aromatic rings. The standard InChI is InChI=1S/C18H33NO2/c1-2-9-19-17(12-15-5-3-4-6-15)16-7-10-21-18(13-16)8-11-20-14-18/h15-17,19H,2-14H2,1H3. The second kappa shape index (κ2) is 7.43. The molecule has 0 aromatic heterocycles. The van der Waals surface area contributed by atoms with E-state index < -0.39 is 0 Å². The topological polar surface area (TPSA) is 30.5 Å². The molecule has 1 saturated carbocycles.